The summed E-state index contributed by atoms with van der Waals surface area (Å²) in [5.74, 6) is 2.63. The van der Waals surface area contributed by atoms with Crippen molar-refractivity contribution in [2.75, 3.05) is 61.2 Å². The van der Waals surface area contributed by atoms with Crippen molar-refractivity contribution in [3.63, 3.8) is 0 Å². The first-order valence-electron chi connectivity index (χ1n) is 15.9. The van der Waals surface area contributed by atoms with Crippen LogP contribution in [0.3, 0.4) is 0 Å². The highest BCUT2D eigenvalue weighted by molar-refractivity contribution is 9.10. The van der Waals surface area contributed by atoms with Gasteiger partial charge in [0, 0.05) is 40.4 Å². The number of anilines is 1. The van der Waals surface area contributed by atoms with E-state index in [0.29, 0.717) is 52.2 Å². The Morgan fingerprint density at radius 2 is 1.38 bits per heavy atom. The molecule has 52 heavy (non-hydrogen) atoms. The Morgan fingerprint density at radius 1 is 0.712 bits per heavy atom. The van der Waals surface area contributed by atoms with Gasteiger partial charge in [-0.25, -0.2) is 0 Å². The Balaban J connectivity index is 1.33. The summed E-state index contributed by atoms with van der Waals surface area (Å²) in [5.41, 5.74) is 1.67. The van der Waals surface area contributed by atoms with Crippen LogP contribution in [0.25, 0.3) is 28.4 Å². The van der Waals surface area contributed by atoms with Crippen molar-refractivity contribution >= 4 is 44.6 Å². The van der Waals surface area contributed by atoms with E-state index in [4.69, 9.17) is 42.3 Å². The molecule has 1 amide bonds. The normalized spacial score (nSPS) is 10.9. The molecule has 5 aromatic rings. The zero-order valence-electron chi connectivity index (χ0n) is 29.5. The Kier molecular flexibility index (Phi) is 12.5. The van der Waals surface area contributed by atoms with E-state index >= 15 is 0 Å². The molecule has 0 atom stereocenters. The van der Waals surface area contributed by atoms with Gasteiger partial charge in [0.05, 0.1) is 55.9 Å². The number of hydrogen-bond donors (Lipinski definition) is 1. The summed E-state index contributed by atoms with van der Waals surface area (Å²) < 4.78 is 52.4. The summed E-state index contributed by atoms with van der Waals surface area (Å²) >= 11 is 3.38. The molecule has 1 N–H and O–H groups in total. The van der Waals surface area contributed by atoms with Crippen LogP contribution < -0.4 is 48.6 Å². The number of fused-ring (bicyclic) bond motifs is 1. The molecule has 5 rings (SSSR count). The maximum atomic E-state index is 14.1. The standard InChI is InChI=1S/C39H38BrNO11/c1-44-27-21-30(46-3)35-31(22-27)52-37(24-19-32(47-4)38(49-6)33(20-24)48-5)39(36(35)43)51-17-7-16-50-28-14-8-23(18-29(28)45-2)9-15-34(42)41-26-12-10-25(40)11-13-26/h8-15,18-22H,7,16-17H2,1-6H3,(H,41,42)/b15-9+. The highest BCUT2D eigenvalue weighted by Gasteiger charge is 2.24. The van der Waals surface area contributed by atoms with Crippen molar-refractivity contribution in [3.05, 3.63) is 93.1 Å². The van der Waals surface area contributed by atoms with Gasteiger partial charge in [0.15, 0.2) is 28.8 Å². The molecule has 0 radical (unpaired) electrons. The molecule has 0 bridgehead atoms. The molecule has 0 aliphatic rings. The second-order valence-corrected chi connectivity index (χ2v) is 11.9. The monoisotopic (exact) mass is 775 g/mol. The summed E-state index contributed by atoms with van der Waals surface area (Å²) in [4.78, 5) is 26.5. The lowest BCUT2D eigenvalue weighted by molar-refractivity contribution is -0.111. The third-order valence-corrected chi connectivity index (χ3v) is 8.32. The fourth-order valence-corrected chi connectivity index (χ4v) is 5.53. The maximum absolute atomic E-state index is 14.1. The van der Waals surface area contributed by atoms with Crippen LogP contribution in [-0.2, 0) is 4.79 Å². The van der Waals surface area contributed by atoms with Gasteiger partial charge in [0.25, 0.3) is 0 Å². The Hall–Kier alpha value is -5.82. The van der Waals surface area contributed by atoms with Crippen molar-refractivity contribution in [2.45, 2.75) is 6.42 Å². The second kappa shape index (κ2) is 17.4. The molecule has 0 saturated carbocycles. The molecule has 272 valence electrons. The average Bonchev–Trinajstić information content (AvgIpc) is 3.17. The number of nitrogens with one attached hydrogen (secondary N) is 1. The largest absolute Gasteiger partial charge is 0.496 e. The lowest BCUT2D eigenvalue weighted by Crippen LogP contribution is -2.14. The number of rotatable bonds is 16. The summed E-state index contributed by atoms with van der Waals surface area (Å²) in [6, 6.07) is 19.2. The first-order chi connectivity index (χ1) is 25.2. The smallest absolute Gasteiger partial charge is 0.248 e. The van der Waals surface area contributed by atoms with Crippen LogP contribution in [0.15, 0.2) is 86.5 Å². The Morgan fingerprint density at radius 3 is 2.02 bits per heavy atom. The van der Waals surface area contributed by atoms with Gasteiger partial charge in [0.1, 0.15) is 22.5 Å². The van der Waals surface area contributed by atoms with Gasteiger partial charge in [-0.15, -0.1) is 0 Å². The predicted molar refractivity (Wildman–Crippen MR) is 201 cm³/mol. The molecule has 0 aliphatic carbocycles. The molecule has 4 aromatic carbocycles. The molecule has 1 aromatic heterocycles. The van der Waals surface area contributed by atoms with Crippen LogP contribution in [0, 0.1) is 0 Å². The molecular formula is C39H38BrNO11. The second-order valence-electron chi connectivity index (χ2n) is 11.0. The molecule has 13 heteroatoms. The fraction of sp³-hybridized carbons (Fsp3) is 0.231. The predicted octanol–water partition coefficient (Wildman–Crippen LogP) is 7.77. The summed E-state index contributed by atoms with van der Waals surface area (Å²) in [6.07, 6.45) is 3.52. The van der Waals surface area contributed by atoms with Gasteiger partial charge >= 0.3 is 0 Å². The van der Waals surface area contributed by atoms with E-state index in [-0.39, 0.29) is 47.3 Å². The zero-order valence-corrected chi connectivity index (χ0v) is 31.1. The molecule has 0 unspecified atom stereocenters. The van der Waals surface area contributed by atoms with Gasteiger partial charge in [0.2, 0.25) is 22.8 Å². The van der Waals surface area contributed by atoms with Crippen molar-refractivity contribution < 1.29 is 47.1 Å². The highest BCUT2D eigenvalue weighted by Crippen LogP contribution is 2.44. The summed E-state index contributed by atoms with van der Waals surface area (Å²) in [5, 5.41) is 3.00. The van der Waals surface area contributed by atoms with Crippen molar-refractivity contribution in [1.82, 2.24) is 0 Å². The minimum absolute atomic E-state index is 0.0388. The van der Waals surface area contributed by atoms with E-state index < -0.39 is 5.43 Å². The minimum atomic E-state index is -0.443. The van der Waals surface area contributed by atoms with E-state index in [1.165, 1.54) is 48.7 Å². The number of carbonyl (C=O) groups is 1. The number of hydrogen-bond acceptors (Lipinski definition) is 11. The van der Waals surface area contributed by atoms with Gasteiger partial charge in [-0.2, -0.15) is 0 Å². The van der Waals surface area contributed by atoms with E-state index in [1.807, 2.05) is 18.2 Å². The molecule has 1 heterocycles. The average molecular weight is 777 g/mol. The van der Waals surface area contributed by atoms with Crippen LogP contribution in [-0.4, -0.2) is 61.8 Å². The fourth-order valence-electron chi connectivity index (χ4n) is 5.27. The third-order valence-electron chi connectivity index (χ3n) is 7.79. The first kappa shape index (κ1) is 37.4. The lowest BCUT2D eigenvalue weighted by atomic mass is 10.1. The van der Waals surface area contributed by atoms with Crippen LogP contribution in [0.1, 0.15) is 12.0 Å². The number of benzene rings is 4. The molecular weight excluding hydrogens is 738 g/mol. The van der Waals surface area contributed by atoms with Crippen LogP contribution in [0.5, 0.6) is 46.0 Å². The minimum Gasteiger partial charge on any atom is -0.496 e. The van der Waals surface area contributed by atoms with Crippen molar-refractivity contribution in [3.8, 4) is 57.3 Å². The maximum Gasteiger partial charge on any atom is 0.248 e. The highest BCUT2D eigenvalue weighted by atomic mass is 79.9. The van der Waals surface area contributed by atoms with Crippen LogP contribution in [0.4, 0.5) is 5.69 Å². The van der Waals surface area contributed by atoms with Crippen LogP contribution in [0.2, 0.25) is 0 Å². The van der Waals surface area contributed by atoms with E-state index in [0.717, 1.165) is 10.0 Å². The van der Waals surface area contributed by atoms with E-state index in [9.17, 15) is 9.59 Å². The lowest BCUT2D eigenvalue weighted by Gasteiger charge is -2.17. The Labute approximate surface area is 308 Å². The van der Waals surface area contributed by atoms with Crippen molar-refractivity contribution in [1.29, 1.82) is 0 Å². The quantitative estimate of drug-likeness (QED) is 0.0779. The van der Waals surface area contributed by atoms with Gasteiger partial charge in [-0.1, -0.05) is 22.0 Å². The third kappa shape index (κ3) is 8.55. The molecule has 0 saturated heterocycles. The number of ether oxygens (including phenoxy) is 8. The first-order valence-corrected chi connectivity index (χ1v) is 16.7. The number of methoxy groups -OCH3 is 6. The molecule has 0 spiro atoms. The molecule has 0 fully saturated rings. The molecule has 0 aliphatic heterocycles. The van der Waals surface area contributed by atoms with Gasteiger partial charge in [-0.05, 0) is 60.2 Å². The topological polar surface area (TPSA) is 133 Å². The number of amides is 1. The SMILES string of the molecule is COc1cc(OC)c2c(=O)c(OCCCOc3ccc(/C=C/C(=O)Nc4ccc(Br)cc4)cc3OC)c(-c3cc(OC)c(OC)c(OC)c3)oc2c1. The van der Waals surface area contributed by atoms with Crippen LogP contribution >= 0.6 is 15.9 Å². The summed E-state index contributed by atoms with van der Waals surface area (Å²) in [7, 11) is 8.99. The van der Waals surface area contributed by atoms with Gasteiger partial charge < -0.3 is 47.6 Å². The number of carbonyl (C=O) groups excluding carboxylic acids is 1. The van der Waals surface area contributed by atoms with Gasteiger partial charge in [-0.3, -0.25) is 9.59 Å². The summed E-state index contributed by atoms with van der Waals surface area (Å²) in [6.45, 7) is 0.336. The zero-order chi connectivity index (χ0) is 37.2. The molecule has 12 nitrogen and oxygen atoms in total. The Bertz CT molecular complexity index is 2100. The van der Waals surface area contributed by atoms with Crippen molar-refractivity contribution in [2.24, 2.45) is 0 Å². The van der Waals surface area contributed by atoms with E-state index in [1.54, 1.807) is 54.6 Å². The number of halogens is 1. The van der Waals surface area contributed by atoms with E-state index in [2.05, 4.69) is 21.2 Å².